The SMILES string of the molecule is Nc1c(Cl)cc(Cl)cc1-c1nc2cc(Cl)c(Cl)cc2[nH]1. The molecule has 1 heterocycles. The molecule has 3 rings (SSSR count). The molecule has 1 aromatic heterocycles. The van der Waals surface area contributed by atoms with Crippen LogP contribution in [0.1, 0.15) is 0 Å². The molecule has 0 spiro atoms. The lowest BCUT2D eigenvalue weighted by Gasteiger charge is -2.05. The summed E-state index contributed by atoms with van der Waals surface area (Å²) in [7, 11) is 0. The van der Waals surface area contributed by atoms with Crippen molar-refractivity contribution in [1.29, 1.82) is 0 Å². The Morgan fingerprint density at radius 2 is 1.60 bits per heavy atom. The maximum atomic E-state index is 6.02. The van der Waals surface area contributed by atoms with Crippen LogP contribution in [-0.4, -0.2) is 9.97 Å². The second-order valence-electron chi connectivity index (χ2n) is 4.22. The molecule has 102 valence electrons. The van der Waals surface area contributed by atoms with Gasteiger partial charge in [-0.1, -0.05) is 46.4 Å². The summed E-state index contributed by atoms with van der Waals surface area (Å²) < 4.78 is 0. The van der Waals surface area contributed by atoms with Gasteiger partial charge in [0.1, 0.15) is 5.82 Å². The van der Waals surface area contributed by atoms with Gasteiger partial charge in [-0.3, -0.25) is 0 Å². The highest BCUT2D eigenvalue weighted by Crippen LogP contribution is 2.35. The molecule has 0 unspecified atom stereocenters. The number of nitrogen functional groups attached to an aromatic ring is 1. The Morgan fingerprint density at radius 1 is 0.900 bits per heavy atom. The van der Waals surface area contributed by atoms with E-state index < -0.39 is 0 Å². The third kappa shape index (κ3) is 2.31. The molecule has 7 heteroatoms. The molecule has 0 saturated carbocycles. The zero-order valence-corrected chi connectivity index (χ0v) is 12.9. The van der Waals surface area contributed by atoms with Crippen molar-refractivity contribution in [2.24, 2.45) is 0 Å². The smallest absolute Gasteiger partial charge is 0.140 e. The van der Waals surface area contributed by atoms with Gasteiger partial charge in [0.15, 0.2) is 0 Å². The summed E-state index contributed by atoms with van der Waals surface area (Å²) in [4.78, 5) is 7.56. The maximum Gasteiger partial charge on any atom is 0.140 e. The van der Waals surface area contributed by atoms with E-state index in [9.17, 15) is 0 Å². The maximum absolute atomic E-state index is 6.02. The highest BCUT2D eigenvalue weighted by molar-refractivity contribution is 6.42. The third-order valence-electron chi connectivity index (χ3n) is 2.87. The number of rotatable bonds is 1. The number of benzene rings is 2. The first-order valence-corrected chi connectivity index (χ1v) is 7.06. The Morgan fingerprint density at radius 3 is 2.35 bits per heavy atom. The highest BCUT2D eigenvalue weighted by Gasteiger charge is 2.13. The average Bonchev–Trinajstić information content (AvgIpc) is 2.77. The predicted molar refractivity (Wildman–Crippen MR) is 86.0 cm³/mol. The number of hydrogen-bond acceptors (Lipinski definition) is 2. The van der Waals surface area contributed by atoms with Crippen molar-refractivity contribution in [3.63, 3.8) is 0 Å². The third-order valence-corrected chi connectivity index (χ3v) is 4.13. The highest BCUT2D eigenvalue weighted by atomic mass is 35.5. The molecule has 0 aliphatic carbocycles. The summed E-state index contributed by atoms with van der Waals surface area (Å²) in [6, 6.07) is 6.67. The predicted octanol–water partition coefficient (Wildman–Crippen LogP) is 5.43. The normalized spacial score (nSPS) is 11.2. The van der Waals surface area contributed by atoms with Crippen LogP contribution in [0.15, 0.2) is 24.3 Å². The zero-order valence-electron chi connectivity index (χ0n) is 9.85. The fourth-order valence-corrected chi connectivity index (χ4v) is 2.73. The molecule has 0 amide bonds. The summed E-state index contributed by atoms with van der Waals surface area (Å²) >= 11 is 24.0. The molecule has 0 atom stereocenters. The number of nitrogens with two attached hydrogens (primary N) is 1. The number of imidazole rings is 1. The standard InChI is InChI=1S/C13H7Cl4N3/c14-5-1-6(12(18)9(17)2-5)13-19-10-3-7(15)8(16)4-11(10)20-13/h1-4H,18H2,(H,19,20). The van der Waals surface area contributed by atoms with E-state index >= 15 is 0 Å². The Labute approximate surface area is 134 Å². The van der Waals surface area contributed by atoms with E-state index in [1.807, 2.05) is 0 Å². The van der Waals surface area contributed by atoms with E-state index in [4.69, 9.17) is 52.1 Å². The van der Waals surface area contributed by atoms with Crippen LogP contribution in [0.2, 0.25) is 20.1 Å². The lowest BCUT2D eigenvalue weighted by molar-refractivity contribution is 1.34. The molecule has 0 fully saturated rings. The Balaban J connectivity index is 2.25. The monoisotopic (exact) mass is 345 g/mol. The van der Waals surface area contributed by atoms with Crippen LogP contribution in [0.25, 0.3) is 22.4 Å². The van der Waals surface area contributed by atoms with Crippen LogP contribution < -0.4 is 5.73 Å². The molecule has 0 aliphatic heterocycles. The van der Waals surface area contributed by atoms with Crippen molar-refractivity contribution in [2.75, 3.05) is 5.73 Å². The number of fused-ring (bicyclic) bond motifs is 1. The first kappa shape index (κ1) is 13.8. The molecule has 0 bridgehead atoms. The van der Waals surface area contributed by atoms with Gasteiger partial charge in [0, 0.05) is 10.6 Å². The topological polar surface area (TPSA) is 54.7 Å². The van der Waals surface area contributed by atoms with Gasteiger partial charge in [0.2, 0.25) is 0 Å². The van der Waals surface area contributed by atoms with Crippen molar-refractivity contribution in [1.82, 2.24) is 9.97 Å². The van der Waals surface area contributed by atoms with Crippen LogP contribution in [0, 0.1) is 0 Å². The summed E-state index contributed by atoms with van der Waals surface area (Å²) in [6.45, 7) is 0. The van der Waals surface area contributed by atoms with E-state index in [1.165, 1.54) is 0 Å². The van der Waals surface area contributed by atoms with Gasteiger partial charge in [-0.15, -0.1) is 0 Å². The number of anilines is 1. The summed E-state index contributed by atoms with van der Waals surface area (Å²) in [5, 5.41) is 1.75. The van der Waals surface area contributed by atoms with Gasteiger partial charge in [-0.2, -0.15) is 0 Å². The molecular weight excluding hydrogens is 340 g/mol. The van der Waals surface area contributed by atoms with Gasteiger partial charge in [-0.25, -0.2) is 4.98 Å². The van der Waals surface area contributed by atoms with Gasteiger partial charge in [-0.05, 0) is 24.3 Å². The number of aromatic amines is 1. The average molecular weight is 347 g/mol. The molecule has 3 aromatic rings. The Kier molecular flexibility index (Phi) is 3.46. The largest absolute Gasteiger partial charge is 0.397 e. The van der Waals surface area contributed by atoms with Crippen molar-refractivity contribution >= 4 is 63.1 Å². The molecule has 0 saturated heterocycles. The number of H-pyrrole nitrogens is 1. The first-order chi connectivity index (χ1) is 9.45. The molecule has 2 aromatic carbocycles. The second kappa shape index (κ2) is 5.01. The number of nitrogens with one attached hydrogen (secondary N) is 1. The first-order valence-electron chi connectivity index (χ1n) is 5.55. The van der Waals surface area contributed by atoms with Crippen LogP contribution in [0.4, 0.5) is 5.69 Å². The van der Waals surface area contributed by atoms with Crippen molar-refractivity contribution in [2.45, 2.75) is 0 Å². The van der Waals surface area contributed by atoms with Crippen LogP contribution in [-0.2, 0) is 0 Å². The summed E-state index contributed by atoms with van der Waals surface area (Å²) in [5.74, 6) is 0.556. The lowest BCUT2D eigenvalue weighted by atomic mass is 10.1. The molecule has 3 N–H and O–H groups in total. The summed E-state index contributed by atoms with van der Waals surface area (Å²) in [6.07, 6.45) is 0. The van der Waals surface area contributed by atoms with Crippen molar-refractivity contribution < 1.29 is 0 Å². The zero-order chi connectivity index (χ0) is 14.4. The fraction of sp³-hybridized carbons (Fsp3) is 0. The van der Waals surface area contributed by atoms with Gasteiger partial charge < -0.3 is 10.7 Å². The molecule has 0 aliphatic rings. The number of hydrogen-bond donors (Lipinski definition) is 2. The number of halogens is 4. The number of aromatic nitrogens is 2. The van der Waals surface area contributed by atoms with Gasteiger partial charge in [0.25, 0.3) is 0 Å². The van der Waals surface area contributed by atoms with E-state index in [0.717, 1.165) is 5.52 Å². The summed E-state index contributed by atoms with van der Waals surface area (Å²) in [5.41, 5.74) is 8.44. The molecule has 3 nitrogen and oxygen atoms in total. The Bertz CT molecular complexity index is 787. The van der Waals surface area contributed by atoms with E-state index in [0.29, 0.717) is 42.7 Å². The quantitative estimate of drug-likeness (QED) is 0.577. The van der Waals surface area contributed by atoms with Crippen LogP contribution in [0.3, 0.4) is 0 Å². The molecule has 20 heavy (non-hydrogen) atoms. The number of nitrogens with zero attached hydrogens (tertiary/aromatic N) is 1. The fourth-order valence-electron chi connectivity index (χ4n) is 1.91. The van der Waals surface area contributed by atoms with Gasteiger partial charge in [0.05, 0.1) is 31.8 Å². The molecular formula is C13H7Cl4N3. The minimum absolute atomic E-state index is 0.379. The minimum Gasteiger partial charge on any atom is -0.397 e. The van der Waals surface area contributed by atoms with Gasteiger partial charge >= 0.3 is 0 Å². The van der Waals surface area contributed by atoms with Crippen molar-refractivity contribution in [3.8, 4) is 11.4 Å². The van der Waals surface area contributed by atoms with E-state index in [1.54, 1.807) is 24.3 Å². The molecule has 0 radical (unpaired) electrons. The second-order valence-corrected chi connectivity index (χ2v) is 5.88. The van der Waals surface area contributed by atoms with Crippen LogP contribution >= 0.6 is 46.4 Å². The Hall–Kier alpha value is -1.13. The van der Waals surface area contributed by atoms with Crippen LogP contribution in [0.5, 0.6) is 0 Å². The van der Waals surface area contributed by atoms with E-state index in [-0.39, 0.29) is 0 Å². The van der Waals surface area contributed by atoms with Crippen molar-refractivity contribution in [3.05, 3.63) is 44.4 Å². The minimum atomic E-state index is 0.379. The van der Waals surface area contributed by atoms with E-state index in [2.05, 4.69) is 9.97 Å². The lowest BCUT2D eigenvalue weighted by Crippen LogP contribution is -1.92.